The Bertz CT molecular complexity index is 1300. The van der Waals surface area contributed by atoms with E-state index in [1.807, 2.05) is 47.9 Å². The first-order valence-electron chi connectivity index (χ1n) is 10.7. The summed E-state index contributed by atoms with van der Waals surface area (Å²) in [6, 6.07) is 15.1. The summed E-state index contributed by atoms with van der Waals surface area (Å²) < 4.78 is 18.0. The lowest BCUT2D eigenvalue weighted by Crippen LogP contribution is -2.15. The van der Waals surface area contributed by atoms with Crippen molar-refractivity contribution in [3.63, 3.8) is 0 Å². The SMILES string of the molecule is COc1cc(NC(=O)CSc2nnc(-c3cccnc3)n2-c2ccccc2C)cc(OC)c1OC. The molecule has 180 valence electrons. The average molecular weight is 492 g/mol. The fraction of sp³-hybridized carbons (Fsp3) is 0.200. The molecule has 0 spiro atoms. The van der Waals surface area contributed by atoms with Gasteiger partial charge in [0.05, 0.1) is 32.8 Å². The van der Waals surface area contributed by atoms with Crippen molar-refractivity contribution in [1.29, 1.82) is 0 Å². The summed E-state index contributed by atoms with van der Waals surface area (Å²) in [4.78, 5) is 17.0. The van der Waals surface area contributed by atoms with Crippen LogP contribution in [0.15, 0.2) is 66.1 Å². The third-order valence-electron chi connectivity index (χ3n) is 5.19. The zero-order valence-electron chi connectivity index (χ0n) is 19.8. The lowest BCUT2D eigenvalue weighted by atomic mass is 10.2. The summed E-state index contributed by atoms with van der Waals surface area (Å²) in [5.74, 6) is 1.92. The molecule has 0 unspecified atom stereocenters. The molecule has 0 aliphatic heterocycles. The molecule has 4 rings (SSSR count). The van der Waals surface area contributed by atoms with Crippen molar-refractivity contribution in [2.45, 2.75) is 12.1 Å². The van der Waals surface area contributed by atoms with Gasteiger partial charge in [-0.1, -0.05) is 30.0 Å². The van der Waals surface area contributed by atoms with E-state index >= 15 is 0 Å². The maximum absolute atomic E-state index is 12.8. The molecule has 0 aliphatic rings. The Morgan fingerprint density at radius 2 is 1.74 bits per heavy atom. The molecule has 0 radical (unpaired) electrons. The molecule has 2 heterocycles. The molecular formula is C25H25N5O4S. The maximum Gasteiger partial charge on any atom is 0.234 e. The largest absolute Gasteiger partial charge is 0.493 e. The Hall–Kier alpha value is -4.05. The van der Waals surface area contributed by atoms with Crippen LogP contribution in [0.4, 0.5) is 5.69 Å². The van der Waals surface area contributed by atoms with Crippen molar-refractivity contribution in [2.75, 3.05) is 32.4 Å². The van der Waals surface area contributed by atoms with Gasteiger partial charge in [-0.05, 0) is 30.7 Å². The average Bonchev–Trinajstić information content (AvgIpc) is 3.31. The number of carbonyl (C=O) groups is 1. The first kappa shape index (κ1) is 24.1. The van der Waals surface area contributed by atoms with Gasteiger partial charge in [0.25, 0.3) is 0 Å². The van der Waals surface area contributed by atoms with E-state index < -0.39 is 0 Å². The van der Waals surface area contributed by atoms with E-state index in [4.69, 9.17) is 14.2 Å². The lowest BCUT2D eigenvalue weighted by Gasteiger charge is -2.15. The van der Waals surface area contributed by atoms with Crippen LogP contribution in [0.2, 0.25) is 0 Å². The highest BCUT2D eigenvalue weighted by atomic mass is 32.2. The normalized spacial score (nSPS) is 10.6. The number of carbonyl (C=O) groups excluding carboxylic acids is 1. The number of aromatic nitrogens is 4. The van der Waals surface area contributed by atoms with Crippen molar-refractivity contribution in [3.8, 4) is 34.3 Å². The van der Waals surface area contributed by atoms with Crippen molar-refractivity contribution in [1.82, 2.24) is 19.7 Å². The van der Waals surface area contributed by atoms with Crippen molar-refractivity contribution < 1.29 is 19.0 Å². The predicted octanol–water partition coefficient (Wildman–Crippen LogP) is 4.39. The number of aryl methyl sites for hydroxylation is 1. The maximum atomic E-state index is 12.8. The Morgan fingerprint density at radius 3 is 2.37 bits per heavy atom. The van der Waals surface area contributed by atoms with Crippen molar-refractivity contribution >= 4 is 23.4 Å². The second-order valence-corrected chi connectivity index (χ2v) is 8.36. The molecule has 0 fully saturated rings. The van der Waals surface area contributed by atoms with Gasteiger partial charge in [0.2, 0.25) is 11.7 Å². The molecule has 1 N–H and O–H groups in total. The number of hydrogen-bond acceptors (Lipinski definition) is 8. The molecule has 1 amide bonds. The minimum absolute atomic E-state index is 0.119. The van der Waals surface area contributed by atoms with Crippen LogP contribution in [0.3, 0.4) is 0 Å². The number of pyridine rings is 1. The Morgan fingerprint density at radius 1 is 1.00 bits per heavy atom. The van der Waals surface area contributed by atoms with E-state index in [9.17, 15) is 4.79 Å². The van der Waals surface area contributed by atoms with E-state index in [1.165, 1.54) is 33.1 Å². The monoisotopic (exact) mass is 491 g/mol. The summed E-state index contributed by atoms with van der Waals surface area (Å²) in [6.45, 7) is 2.02. The number of methoxy groups -OCH3 is 3. The molecule has 2 aromatic carbocycles. The van der Waals surface area contributed by atoms with Crippen LogP contribution in [0.25, 0.3) is 17.1 Å². The third-order valence-corrected chi connectivity index (χ3v) is 6.12. The van der Waals surface area contributed by atoms with Crippen LogP contribution in [0, 0.1) is 6.92 Å². The van der Waals surface area contributed by atoms with E-state index in [0.717, 1.165) is 16.8 Å². The van der Waals surface area contributed by atoms with Gasteiger partial charge >= 0.3 is 0 Å². The van der Waals surface area contributed by atoms with Crippen LogP contribution >= 0.6 is 11.8 Å². The lowest BCUT2D eigenvalue weighted by molar-refractivity contribution is -0.113. The molecule has 10 heteroatoms. The molecule has 0 saturated heterocycles. The third kappa shape index (κ3) is 5.22. The van der Waals surface area contributed by atoms with Gasteiger partial charge in [0, 0.05) is 35.8 Å². The molecular weight excluding hydrogens is 466 g/mol. The molecule has 35 heavy (non-hydrogen) atoms. The second kappa shape index (κ2) is 10.9. The number of para-hydroxylation sites is 1. The molecule has 0 aliphatic carbocycles. The molecule has 0 saturated carbocycles. The number of nitrogens with one attached hydrogen (secondary N) is 1. The first-order valence-corrected chi connectivity index (χ1v) is 11.7. The zero-order valence-corrected chi connectivity index (χ0v) is 20.6. The predicted molar refractivity (Wildman–Crippen MR) is 135 cm³/mol. The number of ether oxygens (including phenoxy) is 3. The summed E-state index contributed by atoms with van der Waals surface area (Å²) in [5.41, 5.74) is 3.35. The van der Waals surface area contributed by atoms with Crippen LogP contribution in [0.5, 0.6) is 17.2 Å². The van der Waals surface area contributed by atoms with Crippen LogP contribution in [-0.2, 0) is 4.79 Å². The first-order chi connectivity index (χ1) is 17.0. The number of nitrogens with zero attached hydrogens (tertiary/aromatic N) is 4. The van der Waals surface area contributed by atoms with Crippen LogP contribution in [-0.4, -0.2) is 52.7 Å². The number of hydrogen-bond donors (Lipinski definition) is 1. The number of thioether (sulfide) groups is 1. The van der Waals surface area contributed by atoms with Gasteiger partial charge < -0.3 is 19.5 Å². The van der Waals surface area contributed by atoms with Gasteiger partial charge in [-0.3, -0.25) is 14.3 Å². The second-order valence-electron chi connectivity index (χ2n) is 7.42. The Kier molecular flexibility index (Phi) is 7.51. The molecule has 4 aromatic rings. The van der Waals surface area contributed by atoms with Crippen molar-refractivity contribution in [3.05, 3.63) is 66.5 Å². The van der Waals surface area contributed by atoms with E-state index in [1.54, 1.807) is 24.5 Å². The van der Waals surface area contributed by atoms with Gasteiger partial charge in [-0.2, -0.15) is 0 Å². The molecule has 0 bridgehead atoms. The summed E-state index contributed by atoms with van der Waals surface area (Å²) in [6.07, 6.45) is 3.45. The molecule has 0 atom stereocenters. The highest BCUT2D eigenvalue weighted by molar-refractivity contribution is 7.99. The van der Waals surface area contributed by atoms with Gasteiger partial charge in [-0.25, -0.2) is 0 Å². The standard InChI is InChI=1S/C25H25N5O4S/c1-16-8-5-6-10-19(16)30-24(17-9-7-11-26-14-17)28-29-25(30)35-15-22(31)27-18-12-20(32-2)23(34-4)21(13-18)33-3/h5-14H,15H2,1-4H3,(H,27,31). The smallest absolute Gasteiger partial charge is 0.234 e. The number of anilines is 1. The van der Waals surface area contributed by atoms with Crippen molar-refractivity contribution in [2.24, 2.45) is 0 Å². The number of amides is 1. The molecule has 9 nitrogen and oxygen atoms in total. The summed E-state index contributed by atoms with van der Waals surface area (Å²) >= 11 is 1.29. The highest BCUT2D eigenvalue weighted by Gasteiger charge is 2.19. The van der Waals surface area contributed by atoms with E-state index in [0.29, 0.717) is 33.9 Å². The topological polar surface area (TPSA) is 100 Å². The van der Waals surface area contributed by atoms with Crippen LogP contribution < -0.4 is 19.5 Å². The van der Waals surface area contributed by atoms with E-state index in [-0.39, 0.29) is 11.7 Å². The zero-order chi connectivity index (χ0) is 24.8. The number of benzene rings is 2. The quantitative estimate of drug-likeness (QED) is 0.344. The summed E-state index contributed by atoms with van der Waals surface area (Å²) in [7, 11) is 4.58. The van der Waals surface area contributed by atoms with Gasteiger partial charge in [0.15, 0.2) is 22.5 Å². The highest BCUT2D eigenvalue weighted by Crippen LogP contribution is 2.40. The van der Waals surface area contributed by atoms with Crippen LogP contribution in [0.1, 0.15) is 5.56 Å². The van der Waals surface area contributed by atoms with Gasteiger partial charge in [-0.15, -0.1) is 10.2 Å². The van der Waals surface area contributed by atoms with E-state index in [2.05, 4.69) is 20.5 Å². The number of rotatable bonds is 9. The minimum Gasteiger partial charge on any atom is -0.493 e. The Labute approximate surface area is 207 Å². The Balaban J connectivity index is 1.58. The fourth-order valence-corrected chi connectivity index (χ4v) is 4.30. The van der Waals surface area contributed by atoms with Gasteiger partial charge in [0.1, 0.15) is 0 Å². The fourth-order valence-electron chi connectivity index (χ4n) is 3.56. The summed E-state index contributed by atoms with van der Waals surface area (Å²) in [5, 5.41) is 12.3. The molecule has 2 aromatic heterocycles. The minimum atomic E-state index is -0.216.